The second-order valence-corrected chi connectivity index (χ2v) is 7.55. The molecule has 2 aromatic carbocycles. The summed E-state index contributed by atoms with van der Waals surface area (Å²) in [5, 5.41) is 21.3. The number of piperidine rings is 1. The number of carbonyl (C=O) groups is 2. The largest absolute Gasteiger partial charge is 0.507 e. The zero-order chi connectivity index (χ0) is 19.7. The lowest BCUT2D eigenvalue weighted by Crippen LogP contribution is -2.47. The molecule has 146 valence electrons. The summed E-state index contributed by atoms with van der Waals surface area (Å²) in [6.07, 6.45) is 2.98. The molecule has 0 aliphatic carbocycles. The van der Waals surface area contributed by atoms with E-state index in [0.717, 1.165) is 25.9 Å². The summed E-state index contributed by atoms with van der Waals surface area (Å²) < 4.78 is 0. The van der Waals surface area contributed by atoms with Gasteiger partial charge in [0.1, 0.15) is 5.75 Å². The first kappa shape index (κ1) is 18.7. The van der Waals surface area contributed by atoms with Gasteiger partial charge >= 0.3 is 0 Å². The number of amides is 1. The number of benzene rings is 2. The lowest BCUT2D eigenvalue weighted by Gasteiger charge is -2.31. The number of likely N-dealkylation sites (tertiary alicyclic amines) is 1. The van der Waals surface area contributed by atoms with E-state index < -0.39 is 23.7 Å². The number of Topliss-reactive ketones (excluding diaryl/α,β-unsaturated/α-hetero) is 1. The van der Waals surface area contributed by atoms with Crippen LogP contribution in [0.15, 0.2) is 48.5 Å². The average Bonchev–Trinajstić information content (AvgIpc) is 2.91. The Morgan fingerprint density at radius 3 is 2.43 bits per heavy atom. The Balaban J connectivity index is 1.64. The molecule has 0 bridgehead atoms. The topological polar surface area (TPSA) is 81.1 Å². The summed E-state index contributed by atoms with van der Waals surface area (Å²) in [7, 11) is 0. The van der Waals surface area contributed by atoms with Crippen molar-refractivity contribution in [1.82, 2.24) is 4.90 Å². The van der Waals surface area contributed by atoms with Gasteiger partial charge in [0.05, 0.1) is 24.3 Å². The Labute approximate surface area is 164 Å². The lowest BCUT2D eigenvalue weighted by molar-refractivity contribution is -0.136. The van der Waals surface area contributed by atoms with Crippen LogP contribution in [0.5, 0.6) is 5.75 Å². The van der Waals surface area contributed by atoms with Crippen molar-refractivity contribution >= 4 is 17.4 Å². The normalized spacial score (nSPS) is 22.3. The van der Waals surface area contributed by atoms with E-state index in [1.807, 2.05) is 6.07 Å². The Kier molecular flexibility index (Phi) is 4.91. The number of aliphatic hydroxyl groups is 1. The fourth-order valence-electron chi connectivity index (χ4n) is 4.16. The van der Waals surface area contributed by atoms with Crippen molar-refractivity contribution in [3.8, 4) is 5.75 Å². The predicted octanol–water partition coefficient (Wildman–Crippen LogP) is 2.64. The maximum Gasteiger partial charge on any atom is 0.265 e. The molecule has 6 heteroatoms. The molecule has 0 radical (unpaired) electrons. The number of ketones is 1. The molecule has 0 saturated carbocycles. The maximum atomic E-state index is 13.2. The molecule has 1 fully saturated rings. The molecule has 0 spiro atoms. The zero-order valence-electron chi connectivity index (χ0n) is 15.7. The molecule has 0 unspecified atom stereocenters. The van der Waals surface area contributed by atoms with Gasteiger partial charge in [0, 0.05) is 5.56 Å². The van der Waals surface area contributed by atoms with Gasteiger partial charge in [0.15, 0.2) is 11.4 Å². The quantitative estimate of drug-likeness (QED) is 0.780. The van der Waals surface area contributed by atoms with E-state index in [-0.39, 0.29) is 11.3 Å². The highest BCUT2D eigenvalue weighted by Gasteiger charge is 2.51. The van der Waals surface area contributed by atoms with Crippen LogP contribution in [0.1, 0.15) is 41.6 Å². The molecule has 0 aromatic heterocycles. The monoisotopic (exact) mass is 380 g/mol. The number of nitrogens with zero attached hydrogens (tertiary/aromatic N) is 2. The minimum absolute atomic E-state index is 0.107. The summed E-state index contributed by atoms with van der Waals surface area (Å²) in [5.41, 5.74) is -0.728. The molecule has 1 amide bonds. The van der Waals surface area contributed by atoms with Crippen LogP contribution in [0.2, 0.25) is 0 Å². The van der Waals surface area contributed by atoms with E-state index in [1.165, 1.54) is 18.6 Å². The third-order valence-corrected chi connectivity index (χ3v) is 5.65. The third kappa shape index (κ3) is 3.19. The summed E-state index contributed by atoms with van der Waals surface area (Å²) in [6.45, 7) is 2.24. The van der Waals surface area contributed by atoms with Gasteiger partial charge in [-0.1, -0.05) is 36.8 Å². The van der Waals surface area contributed by atoms with E-state index in [4.69, 9.17) is 0 Å². The molecule has 2 aromatic rings. The summed E-state index contributed by atoms with van der Waals surface area (Å²) >= 11 is 0. The first-order chi connectivity index (χ1) is 13.5. The fourth-order valence-corrected chi connectivity index (χ4v) is 4.16. The van der Waals surface area contributed by atoms with Gasteiger partial charge in [0.25, 0.3) is 5.91 Å². The van der Waals surface area contributed by atoms with Gasteiger partial charge in [-0.15, -0.1) is 0 Å². The highest BCUT2D eigenvalue weighted by Crippen LogP contribution is 2.43. The van der Waals surface area contributed by atoms with Gasteiger partial charge in [-0.05, 0) is 44.1 Å². The van der Waals surface area contributed by atoms with E-state index in [0.29, 0.717) is 17.9 Å². The number of fused-ring (bicyclic) bond motifs is 1. The number of rotatable bonds is 5. The van der Waals surface area contributed by atoms with Crippen molar-refractivity contribution < 1.29 is 19.8 Å². The van der Waals surface area contributed by atoms with Crippen LogP contribution in [0.3, 0.4) is 0 Å². The number of phenolic OH excluding ortho intramolecular Hbond substituents is 1. The lowest BCUT2D eigenvalue weighted by atomic mass is 9.88. The summed E-state index contributed by atoms with van der Waals surface area (Å²) in [5.74, 6) is -1.10. The summed E-state index contributed by atoms with van der Waals surface area (Å²) in [6, 6.07) is 13.3. The molecule has 1 saturated heterocycles. The van der Waals surface area contributed by atoms with Crippen molar-refractivity contribution in [3.63, 3.8) is 0 Å². The van der Waals surface area contributed by atoms with Crippen molar-refractivity contribution in [2.45, 2.75) is 31.3 Å². The van der Waals surface area contributed by atoms with Gasteiger partial charge in [-0.2, -0.15) is 0 Å². The maximum absolute atomic E-state index is 13.2. The standard InChI is InChI=1S/C22H24N2O4/c25-19-11-5-2-8-16(19)20(26)14-22(28)17-9-3-4-10-18(17)24(21(22)27)15-23-12-6-1-7-13-23/h2-5,8-11,25,28H,1,6-7,12-15H2/t22-/m0/s1. The number of phenols is 1. The summed E-state index contributed by atoms with van der Waals surface area (Å²) in [4.78, 5) is 29.8. The fraction of sp³-hybridized carbons (Fsp3) is 0.364. The van der Waals surface area contributed by atoms with Gasteiger partial charge in [0.2, 0.25) is 0 Å². The van der Waals surface area contributed by atoms with Crippen LogP contribution in [0.4, 0.5) is 5.69 Å². The molecule has 6 nitrogen and oxygen atoms in total. The average molecular weight is 380 g/mol. The zero-order valence-corrected chi connectivity index (χ0v) is 15.7. The predicted molar refractivity (Wildman–Crippen MR) is 105 cm³/mol. The SMILES string of the molecule is O=C(C[C@@]1(O)C(=O)N(CN2CCCCC2)c2ccccc21)c1ccccc1O. The number of anilines is 1. The van der Waals surface area contributed by atoms with E-state index in [2.05, 4.69) is 4.90 Å². The highest BCUT2D eigenvalue weighted by molar-refractivity contribution is 6.11. The van der Waals surface area contributed by atoms with Crippen LogP contribution in [0, 0.1) is 0 Å². The molecule has 28 heavy (non-hydrogen) atoms. The van der Waals surface area contributed by atoms with Gasteiger partial charge in [-0.3, -0.25) is 19.4 Å². The first-order valence-electron chi connectivity index (χ1n) is 9.68. The van der Waals surface area contributed by atoms with Crippen molar-refractivity contribution in [2.75, 3.05) is 24.7 Å². The van der Waals surface area contributed by atoms with Crippen molar-refractivity contribution in [3.05, 3.63) is 59.7 Å². The number of para-hydroxylation sites is 2. The Bertz CT molecular complexity index is 907. The minimum Gasteiger partial charge on any atom is -0.507 e. The second-order valence-electron chi connectivity index (χ2n) is 7.55. The van der Waals surface area contributed by atoms with Crippen LogP contribution in [-0.4, -0.2) is 46.6 Å². The molecule has 2 aliphatic rings. The van der Waals surface area contributed by atoms with Crippen molar-refractivity contribution in [1.29, 1.82) is 0 Å². The third-order valence-electron chi connectivity index (χ3n) is 5.65. The van der Waals surface area contributed by atoms with Crippen molar-refractivity contribution in [2.24, 2.45) is 0 Å². The molecule has 2 N–H and O–H groups in total. The molecule has 4 rings (SSSR count). The smallest absolute Gasteiger partial charge is 0.265 e. The molecular formula is C22H24N2O4. The molecular weight excluding hydrogens is 356 g/mol. The number of aromatic hydroxyl groups is 1. The van der Waals surface area contributed by atoms with Crippen LogP contribution in [-0.2, 0) is 10.4 Å². The molecule has 2 aliphatic heterocycles. The highest BCUT2D eigenvalue weighted by atomic mass is 16.3. The van der Waals surface area contributed by atoms with Crippen LogP contribution < -0.4 is 4.90 Å². The van der Waals surface area contributed by atoms with Crippen LogP contribution >= 0.6 is 0 Å². The van der Waals surface area contributed by atoms with E-state index in [9.17, 15) is 19.8 Å². The van der Waals surface area contributed by atoms with Gasteiger partial charge in [-0.25, -0.2) is 0 Å². The van der Waals surface area contributed by atoms with E-state index >= 15 is 0 Å². The van der Waals surface area contributed by atoms with E-state index in [1.54, 1.807) is 35.2 Å². The Hall–Kier alpha value is -2.70. The second kappa shape index (κ2) is 7.37. The number of hydrogen-bond acceptors (Lipinski definition) is 5. The molecule has 2 heterocycles. The number of carbonyl (C=O) groups excluding carboxylic acids is 2. The number of hydrogen-bond donors (Lipinski definition) is 2. The Morgan fingerprint density at radius 2 is 1.68 bits per heavy atom. The first-order valence-corrected chi connectivity index (χ1v) is 9.68. The minimum atomic E-state index is -1.92. The Morgan fingerprint density at radius 1 is 1.00 bits per heavy atom. The molecule has 1 atom stereocenters. The van der Waals surface area contributed by atoms with Crippen LogP contribution in [0.25, 0.3) is 0 Å². The van der Waals surface area contributed by atoms with Gasteiger partial charge < -0.3 is 10.2 Å².